The molecule has 6 heteroatoms. The van der Waals surface area contributed by atoms with Gasteiger partial charge in [0.05, 0.1) is 7.11 Å². The summed E-state index contributed by atoms with van der Waals surface area (Å²) in [7, 11) is 1.31. The molecule has 0 aromatic rings. The van der Waals surface area contributed by atoms with Crippen molar-refractivity contribution < 1.29 is 14.3 Å². The van der Waals surface area contributed by atoms with Crippen LogP contribution in [-0.4, -0.2) is 38.1 Å². The lowest BCUT2D eigenvalue weighted by Gasteiger charge is -2.23. The Bertz CT molecular complexity index is 242. The van der Waals surface area contributed by atoms with Crippen LogP contribution >= 0.6 is 12.4 Å². The Morgan fingerprint density at radius 2 is 1.94 bits per heavy atom. The summed E-state index contributed by atoms with van der Waals surface area (Å²) in [5.74, 6) is -0.426. The summed E-state index contributed by atoms with van der Waals surface area (Å²) in [5, 5.41) is 5.84. The van der Waals surface area contributed by atoms with Crippen molar-refractivity contribution >= 4 is 24.3 Å². The number of nitrogens with one attached hydrogen (secondary N) is 2. The summed E-state index contributed by atoms with van der Waals surface area (Å²) in [6.45, 7) is 3.36. The van der Waals surface area contributed by atoms with Crippen molar-refractivity contribution in [3.05, 3.63) is 0 Å². The SMILES string of the molecule is COC(=O)[C@H](C)NC(=O)C1CCNCC1.Cl. The second-order valence-corrected chi connectivity index (χ2v) is 3.78. The van der Waals surface area contributed by atoms with E-state index in [4.69, 9.17) is 0 Å². The van der Waals surface area contributed by atoms with E-state index < -0.39 is 12.0 Å². The molecule has 0 spiro atoms. The minimum Gasteiger partial charge on any atom is -0.467 e. The highest BCUT2D eigenvalue weighted by Gasteiger charge is 2.24. The molecule has 1 heterocycles. The van der Waals surface area contributed by atoms with E-state index in [9.17, 15) is 9.59 Å². The monoisotopic (exact) mass is 250 g/mol. The number of ether oxygens (including phenoxy) is 1. The summed E-state index contributed by atoms with van der Waals surface area (Å²) in [5.41, 5.74) is 0. The third-order valence-corrected chi connectivity index (χ3v) is 2.62. The third kappa shape index (κ3) is 4.37. The normalized spacial score (nSPS) is 18.1. The van der Waals surface area contributed by atoms with Crippen LogP contribution in [0.1, 0.15) is 19.8 Å². The zero-order chi connectivity index (χ0) is 11.3. The molecule has 1 atom stereocenters. The number of methoxy groups -OCH3 is 1. The van der Waals surface area contributed by atoms with E-state index in [0.29, 0.717) is 0 Å². The van der Waals surface area contributed by atoms with E-state index in [-0.39, 0.29) is 24.2 Å². The number of amides is 1. The fourth-order valence-electron chi connectivity index (χ4n) is 1.65. The van der Waals surface area contributed by atoms with Crippen molar-refractivity contribution in [2.24, 2.45) is 5.92 Å². The minimum atomic E-state index is -0.558. The molecule has 5 nitrogen and oxygen atoms in total. The fourth-order valence-corrected chi connectivity index (χ4v) is 1.65. The molecule has 2 N–H and O–H groups in total. The van der Waals surface area contributed by atoms with Crippen LogP contribution in [0.3, 0.4) is 0 Å². The molecule has 94 valence electrons. The van der Waals surface area contributed by atoms with Crippen molar-refractivity contribution in [3.63, 3.8) is 0 Å². The largest absolute Gasteiger partial charge is 0.467 e. The van der Waals surface area contributed by atoms with Gasteiger partial charge in [-0.25, -0.2) is 4.79 Å². The highest BCUT2D eigenvalue weighted by atomic mass is 35.5. The first-order chi connectivity index (χ1) is 7.15. The summed E-state index contributed by atoms with van der Waals surface area (Å²) in [6, 6.07) is -0.558. The number of carbonyl (C=O) groups excluding carboxylic acids is 2. The first kappa shape index (κ1) is 15.2. The van der Waals surface area contributed by atoms with Crippen LogP contribution in [0.25, 0.3) is 0 Å². The van der Waals surface area contributed by atoms with Crippen LogP contribution in [0, 0.1) is 5.92 Å². The maximum Gasteiger partial charge on any atom is 0.328 e. The second kappa shape index (κ2) is 7.46. The maximum atomic E-state index is 11.7. The van der Waals surface area contributed by atoms with Gasteiger partial charge in [0.25, 0.3) is 0 Å². The number of rotatable bonds is 3. The first-order valence-corrected chi connectivity index (χ1v) is 5.24. The number of esters is 1. The quantitative estimate of drug-likeness (QED) is 0.697. The van der Waals surface area contributed by atoms with E-state index in [0.717, 1.165) is 25.9 Å². The van der Waals surface area contributed by atoms with Crippen LogP contribution in [-0.2, 0) is 14.3 Å². The highest BCUT2D eigenvalue weighted by molar-refractivity contribution is 5.85. The number of carbonyl (C=O) groups is 2. The summed E-state index contributed by atoms with van der Waals surface area (Å²) >= 11 is 0. The van der Waals surface area contributed by atoms with E-state index in [2.05, 4.69) is 15.4 Å². The number of hydrogen-bond acceptors (Lipinski definition) is 4. The van der Waals surface area contributed by atoms with Crippen LogP contribution < -0.4 is 10.6 Å². The zero-order valence-electron chi connectivity index (χ0n) is 9.62. The molecule has 0 radical (unpaired) electrons. The van der Waals surface area contributed by atoms with E-state index in [1.165, 1.54) is 7.11 Å². The van der Waals surface area contributed by atoms with Gasteiger partial charge in [-0.1, -0.05) is 0 Å². The van der Waals surface area contributed by atoms with Gasteiger partial charge < -0.3 is 15.4 Å². The fraction of sp³-hybridized carbons (Fsp3) is 0.800. The maximum absolute atomic E-state index is 11.7. The molecule has 0 saturated carbocycles. The molecule has 0 unspecified atom stereocenters. The molecule has 1 amide bonds. The minimum absolute atomic E-state index is 0. The number of hydrogen-bond donors (Lipinski definition) is 2. The Morgan fingerprint density at radius 1 is 1.38 bits per heavy atom. The van der Waals surface area contributed by atoms with E-state index in [1.54, 1.807) is 6.92 Å². The topological polar surface area (TPSA) is 67.4 Å². The average Bonchev–Trinajstić information content (AvgIpc) is 2.29. The van der Waals surface area contributed by atoms with Crippen molar-refractivity contribution in [2.75, 3.05) is 20.2 Å². The van der Waals surface area contributed by atoms with Gasteiger partial charge in [0, 0.05) is 5.92 Å². The van der Waals surface area contributed by atoms with Gasteiger partial charge in [-0.15, -0.1) is 12.4 Å². The van der Waals surface area contributed by atoms with Crippen molar-refractivity contribution in [1.82, 2.24) is 10.6 Å². The summed E-state index contributed by atoms with van der Waals surface area (Å²) in [4.78, 5) is 22.8. The third-order valence-electron chi connectivity index (χ3n) is 2.62. The molecule has 1 aliphatic rings. The lowest BCUT2D eigenvalue weighted by atomic mass is 9.97. The predicted molar refractivity (Wildman–Crippen MR) is 62.5 cm³/mol. The Balaban J connectivity index is 0.00000225. The molecule has 1 fully saturated rings. The Kier molecular flexibility index (Phi) is 7.08. The highest BCUT2D eigenvalue weighted by Crippen LogP contribution is 2.11. The van der Waals surface area contributed by atoms with Gasteiger partial charge in [0.2, 0.25) is 5.91 Å². The van der Waals surface area contributed by atoms with E-state index >= 15 is 0 Å². The predicted octanol–water partition coefficient (Wildman–Crippen LogP) is 0.0855. The van der Waals surface area contributed by atoms with Crippen LogP contribution in [0.2, 0.25) is 0 Å². The molecule has 1 rings (SSSR count). The van der Waals surface area contributed by atoms with Gasteiger partial charge in [-0.05, 0) is 32.9 Å². The molecule has 0 aromatic carbocycles. The Hall–Kier alpha value is -0.810. The smallest absolute Gasteiger partial charge is 0.328 e. The molecule has 0 aliphatic carbocycles. The molecular formula is C10H19ClN2O3. The lowest BCUT2D eigenvalue weighted by Crippen LogP contribution is -2.44. The molecule has 1 aliphatic heterocycles. The summed E-state index contributed by atoms with van der Waals surface area (Å²) in [6.07, 6.45) is 1.67. The summed E-state index contributed by atoms with van der Waals surface area (Å²) < 4.78 is 4.53. The lowest BCUT2D eigenvalue weighted by molar-refractivity contribution is -0.145. The van der Waals surface area contributed by atoms with E-state index in [1.807, 2.05) is 0 Å². The first-order valence-electron chi connectivity index (χ1n) is 5.24. The number of halogens is 1. The van der Waals surface area contributed by atoms with Crippen LogP contribution in [0.15, 0.2) is 0 Å². The van der Waals surface area contributed by atoms with Gasteiger partial charge in [0.15, 0.2) is 0 Å². The molecule has 16 heavy (non-hydrogen) atoms. The molecule has 1 saturated heterocycles. The Morgan fingerprint density at radius 3 is 2.44 bits per heavy atom. The van der Waals surface area contributed by atoms with Crippen LogP contribution in [0.4, 0.5) is 0 Å². The number of piperidine rings is 1. The van der Waals surface area contributed by atoms with Gasteiger partial charge in [0.1, 0.15) is 6.04 Å². The van der Waals surface area contributed by atoms with Gasteiger partial charge >= 0.3 is 5.97 Å². The van der Waals surface area contributed by atoms with Gasteiger partial charge in [-0.3, -0.25) is 4.79 Å². The molecule has 0 bridgehead atoms. The van der Waals surface area contributed by atoms with Crippen molar-refractivity contribution in [3.8, 4) is 0 Å². The zero-order valence-corrected chi connectivity index (χ0v) is 10.4. The van der Waals surface area contributed by atoms with Crippen molar-refractivity contribution in [2.45, 2.75) is 25.8 Å². The molecular weight excluding hydrogens is 232 g/mol. The second-order valence-electron chi connectivity index (χ2n) is 3.78. The average molecular weight is 251 g/mol. The van der Waals surface area contributed by atoms with Crippen LogP contribution in [0.5, 0.6) is 0 Å². The standard InChI is InChI=1S/C10H18N2O3.ClH/c1-7(10(14)15-2)12-9(13)8-3-5-11-6-4-8;/h7-8,11H,3-6H2,1-2H3,(H,12,13);1H/t7-;/m0./s1. The van der Waals surface area contributed by atoms with Crippen molar-refractivity contribution in [1.29, 1.82) is 0 Å². The molecule has 0 aromatic heterocycles. The van der Waals surface area contributed by atoms with Gasteiger partial charge in [-0.2, -0.15) is 0 Å². The Labute approximate surface area is 102 Å².